The van der Waals surface area contributed by atoms with Crippen LogP contribution in [-0.4, -0.2) is 49.3 Å². The van der Waals surface area contributed by atoms with Crippen LogP contribution in [-0.2, 0) is 32.7 Å². The van der Waals surface area contributed by atoms with Crippen molar-refractivity contribution in [1.82, 2.24) is 0 Å². The van der Waals surface area contributed by atoms with Crippen LogP contribution in [0.2, 0.25) is 0 Å². The van der Waals surface area contributed by atoms with E-state index in [2.05, 4.69) is 13.8 Å². The molecule has 10 heteroatoms. The highest BCUT2D eigenvalue weighted by atomic mass is 31.2. The van der Waals surface area contributed by atoms with E-state index >= 15 is 0 Å². The Morgan fingerprint density at radius 3 is 1.02 bits per heavy atom. The molecule has 2 unspecified atom stereocenters. The van der Waals surface area contributed by atoms with Crippen molar-refractivity contribution in [2.75, 3.05) is 26.4 Å². The molecule has 0 aromatic rings. The van der Waals surface area contributed by atoms with Crippen molar-refractivity contribution in [3.63, 3.8) is 0 Å². The fraction of sp³-hybridized carbons (Fsp3) is 0.960. The number of carbonyl (C=O) groups is 2. The van der Waals surface area contributed by atoms with Gasteiger partial charge in [0.25, 0.3) is 0 Å². The largest absolute Gasteiger partial charge is 0.472 e. The third kappa shape index (κ3) is 46.5. The smallest absolute Gasteiger partial charge is 0.462 e. The number of carbonyl (C=O) groups excluding carboxylic acids is 2. The van der Waals surface area contributed by atoms with Crippen LogP contribution in [0.1, 0.15) is 277 Å². The minimum Gasteiger partial charge on any atom is -0.462 e. The molecule has 60 heavy (non-hydrogen) atoms. The Balaban J connectivity index is 3.88. The Hall–Kier alpha value is -0.990. The average Bonchev–Trinajstić information content (AvgIpc) is 3.24. The van der Waals surface area contributed by atoms with Crippen molar-refractivity contribution < 1.29 is 37.6 Å². The Morgan fingerprint density at radius 2 is 0.717 bits per heavy atom. The number of phosphoric acid groups is 1. The molecule has 0 aromatic heterocycles. The predicted molar refractivity (Wildman–Crippen MR) is 252 cm³/mol. The third-order valence-corrected chi connectivity index (χ3v) is 12.7. The Bertz CT molecular complexity index is 953. The number of phosphoric ester groups is 1. The van der Waals surface area contributed by atoms with E-state index < -0.39 is 26.5 Å². The lowest BCUT2D eigenvalue weighted by Crippen LogP contribution is -2.29. The number of ether oxygens (including phenoxy) is 2. The summed E-state index contributed by atoms with van der Waals surface area (Å²) in [5.41, 5.74) is 5.36. The maximum atomic E-state index is 12.6. The number of nitrogens with two attached hydrogens (primary N) is 1. The zero-order valence-corrected chi connectivity index (χ0v) is 40.6. The number of esters is 2. The van der Waals surface area contributed by atoms with Gasteiger partial charge in [0.05, 0.1) is 13.2 Å². The van der Waals surface area contributed by atoms with Crippen LogP contribution >= 0.6 is 7.82 Å². The van der Waals surface area contributed by atoms with Crippen LogP contribution in [0, 0.1) is 0 Å². The zero-order valence-electron chi connectivity index (χ0n) is 39.7. The number of unbranched alkanes of at least 4 members (excludes halogenated alkanes) is 37. The van der Waals surface area contributed by atoms with Crippen molar-refractivity contribution in [2.24, 2.45) is 5.73 Å². The van der Waals surface area contributed by atoms with Gasteiger partial charge in [-0.1, -0.05) is 251 Å². The zero-order chi connectivity index (χ0) is 43.9. The molecule has 0 aliphatic rings. The van der Waals surface area contributed by atoms with Crippen LogP contribution in [0.4, 0.5) is 0 Å². The highest BCUT2D eigenvalue weighted by Crippen LogP contribution is 2.43. The van der Waals surface area contributed by atoms with Gasteiger partial charge in [0.15, 0.2) is 6.10 Å². The molecule has 0 heterocycles. The van der Waals surface area contributed by atoms with E-state index in [1.807, 2.05) is 0 Å². The minimum atomic E-state index is -4.37. The first-order chi connectivity index (χ1) is 29.3. The van der Waals surface area contributed by atoms with Crippen LogP contribution in [0.3, 0.4) is 0 Å². The molecule has 0 fully saturated rings. The molecule has 9 nitrogen and oxygen atoms in total. The summed E-state index contributed by atoms with van der Waals surface area (Å²) in [6, 6.07) is 0. The molecule has 0 rings (SSSR count). The molecule has 0 spiro atoms. The minimum absolute atomic E-state index is 0.0582. The molecule has 0 radical (unpaired) electrons. The van der Waals surface area contributed by atoms with E-state index in [1.165, 1.54) is 212 Å². The standard InChI is InChI=1S/C50H100NO8P/c1-3-5-7-9-11-13-15-17-18-19-20-21-22-23-24-25-26-27-28-29-30-31-33-35-37-39-41-43-50(53)59-48(47-58-60(54,55)57-45-44-51)46-56-49(52)42-40-38-36-34-32-16-14-12-10-8-6-4-2/h48H,3-47,51H2,1-2H3,(H,54,55). The molecule has 0 amide bonds. The Morgan fingerprint density at radius 1 is 0.433 bits per heavy atom. The van der Waals surface area contributed by atoms with Crippen molar-refractivity contribution in [1.29, 1.82) is 0 Å². The fourth-order valence-electron chi connectivity index (χ4n) is 7.87. The van der Waals surface area contributed by atoms with E-state index in [0.29, 0.717) is 6.42 Å². The summed E-state index contributed by atoms with van der Waals surface area (Å²) < 4.78 is 32.9. The van der Waals surface area contributed by atoms with Crippen LogP contribution in [0.15, 0.2) is 0 Å². The average molecular weight is 874 g/mol. The lowest BCUT2D eigenvalue weighted by molar-refractivity contribution is -0.161. The first kappa shape index (κ1) is 59.0. The molecule has 358 valence electrons. The topological polar surface area (TPSA) is 134 Å². The first-order valence-corrected chi connectivity index (χ1v) is 27.5. The molecule has 0 aliphatic carbocycles. The molecule has 0 bridgehead atoms. The van der Waals surface area contributed by atoms with Gasteiger partial charge in [0, 0.05) is 19.4 Å². The Kier molecular flexibility index (Phi) is 46.7. The molecule has 0 aromatic carbocycles. The normalized spacial score (nSPS) is 13.1. The summed E-state index contributed by atoms with van der Waals surface area (Å²) in [7, 11) is -4.37. The van der Waals surface area contributed by atoms with E-state index in [1.54, 1.807) is 0 Å². The molecular formula is C50H100NO8P. The van der Waals surface area contributed by atoms with Gasteiger partial charge in [-0.2, -0.15) is 0 Å². The maximum absolute atomic E-state index is 12.6. The summed E-state index contributed by atoms with van der Waals surface area (Å²) in [6.07, 6.45) is 50.2. The second kappa shape index (κ2) is 47.5. The van der Waals surface area contributed by atoms with Crippen molar-refractivity contribution in [3.05, 3.63) is 0 Å². The summed E-state index contributed by atoms with van der Waals surface area (Å²) in [4.78, 5) is 35.0. The van der Waals surface area contributed by atoms with Gasteiger partial charge in [-0.25, -0.2) is 4.57 Å². The van der Waals surface area contributed by atoms with E-state index in [-0.39, 0.29) is 38.6 Å². The predicted octanol–water partition coefficient (Wildman–Crippen LogP) is 15.6. The van der Waals surface area contributed by atoms with Crippen molar-refractivity contribution >= 4 is 19.8 Å². The molecule has 3 N–H and O–H groups in total. The fourth-order valence-corrected chi connectivity index (χ4v) is 8.64. The molecule has 0 saturated heterocycles. The monoisotopic (exact) mass is 874 g/mol. The molecule has 0 saturated carbocycles. The van der Waals surface area contributed by atoms with Gasteiger partial charge in [-0.3, -0.25) is 18.6 Å². The van der Waals surface area contributed by atoms with Gasteiger partial charge >= 0.3 is 19.8 Å². The van der Waals surface area contributed by atoms with Gasteiger partial charge < -0.3 is 20.1 Å². The summed E-state index contributed by atoms with van der Waals surface area (Å²) in [6.45, 7) is 3.79. The van der Waals surface area contributed by atoms with Gasteiger partial charge in [0.2, 0.25) is 0 Å². The molecule has 0 aliphatic heterocycles. The SMILES string of the molecule is CCCCCCCCCCCCCCCCCCCCCCCCCCCCCC(=O)OC(COC(=O)CCCCCCCCCCCCCC)COP(=O)(O)OCCN. The summed E-state index contributed by atoms with van der Waals surface area (Å²) >= 11 is 0. The highest BCUT2D eigenvalue weighted by Gasteiger charge is 2.26. The van der Waals surface area contributed by atoms with E-state index in [9.17, 15) is 19.0 Å². The lowest BCUT2D eigenvalue weighted by atomic mass is 10.0. The van der Waals surface area contributed by atoms with Gasteiger partial charge in [-0.05, 0) is 12.8 Å². The Labute approximate surface area is 371 Å². The first-order valence-electron chi connectivity index (χ1n) is 26.0. The lowest BCUT2D eigenvalue weighted by Gasteiger charge is -2.19. The van der Waals surface area contributed by atoms with Gasteiger partial charge in [0.1, 0.15) is 6.61 Å². The molecular weight excluding hydrogens is 774 g/mol. The third-order valence-electron chi connectivity index (χ3n) is 11.7. The van der Waals surface area contributed by atoms with Crippen molar-refractivity contribution in [2.45, 2.75) is 283 Å². The maximum Gasteiger partial charge on any atom is 0.472 e. The van der Waals surface area contributed by atoms with E-state index in [4.69, 9.17) is 24.3 Å². The quantitative estimate of drug-likeness (QED) is 0.0348. The number of rotatable bonds is 50. The molecule has 2 atom stereocenters. The van der Waals surface area contributed by atoms with Crippen LogP contribution in [0.5, 0.6) is 0 Å². The van der Waals surface area contributed by atoms with Crippen molar-refractivity contribution in [3.8, 4) is 0 Å². The summed E-state index contributed by atoms with van der Waals surface area (Å²) in [5, 5.41) is 0. The highest BCUT2D eigenvalue weighted by molar-refractivity contribution is 7.47. The van der Waals surface area contributed by atoms with Gasteiger partial charge in [-0.15, -0.1) is 0 Å². The van der Waals surface area contributed by atoms with Crippen LogP contribution < -0.4 is 5.73 Å². The second-order valence-electron chi connectivity index (χ2n) is 17.8. The summed E-state index contributed by atoms with van der Waals surface area (Å²) in [5.74, 6) is -0.809. The van der Waals surface area contributed by atoms with E-state index in [0.717, 1.165) is 32.1 Å². The van der Waals surface area contributed by atoms with Crippen LogP contribution in [0.25, 0.3) is 0 Å². The number of hydrogen-bond donors (Lipinski definition) is 2. The second-order valence-corrected chi connectivity index (χ2v) is 19.2. The number of hydrogen-bond acceptors (Lipinski definition) is 8.